The number of fused-ring (bicyclic) bond motifs is 3. The number of hydrogen-bond donors (Lipinski definition) is 1. The lowest BCUT2D eigenvalue weighted by molar-refractivity contribution is -0.134. The van der Waals surface area contributed by atoms with Gasteiger partial charge in [0.15, 0.2) is 5.15 Å². The number of rotatable bonds is 4. The van der Waals surface area contributed by atoms with Gasteiger partial charge >= 0.3 is 12.0 Å². The molecule has 0 radical (unpaired) electrons. The number of nitrogens with zero attached hydrogens (tertiary/aromatic N) is 3. The summed E-state index contributed by atoms with van der Waals surface area (Å²) in [5.41, 5.74) is 0.808. The standard InChI is InChI=1S/C17H18ClN3O3/c1-4-12(22)24-16-20-13-14(21(16)9-17(2,3)23)10-7-5-6-8-11(10)19-15(13)18/h5-8,23H,4,9H2,1-3H3. The second-order valence-corrected chi connectivity index (χ2v) is 6.60. The third kappa shape index (κ3) is 3.07. The van der Waals surface area contributed by atoms with Crippen LogP contribution in [0.2, 0.25) is 5.15 Å². The molecular formula is C17H18ClN3O3. The SMILES string of the molecule is CCC(=O)Oc1nc2c(Cl)nc3ccccc3c2n1CC(C)(C)O. The molecule has 0 aliphatic heterocycles. The number of aromatic nitrogens is 3. The first-order valence-corrected chi connectivity index (χ1v) is 8.05. The summed E-state index contributed by atoms with van der Waals surface area (Å²) in [6.07, 6.45) is 0.221. The summed E-state index contributed by atoms with van der Waals surface area (Å²) in [4.78, 5) is 20.4. The van der Waals surface area contributed by atoms with Crippen molar-refractivity contribution >= 4 is 39.5 Å². The average Bonchev–Trinajstić information content (AvgIpc) is 2.85. The van der Waals surface area contributed by atoms with Crippen LogP contribution in [0.4, 0.5) is 0 Å². The lowest BCUT2D eigenvalue weighted by Crippen LogP contribution is -2.27. The van der Waals surface area contributed by atoms with Crippen LogP contribution in [0.3, 0.4) is 0 Å². The average molecular weight is 348 g/mol. The summed E-state index contributed by atoms with van der Waals surface area (Å²) in [6, 6.07) is 7.61. The van der Waals surface area contributed by atoms with Gasteiger partial charge in [-0.3, -0.25) is 9.36 Å². The highest BCUT2D eigenvalue weighted by Crippen LogP contribution is 2.33. The van der Waals surface area contributed by atoms with Gasteiger partial charge in [0.2, 0.25) is 0 Å². The van der Waals surface area contributed by atoms with Crippen molar-refractivity contribution in [1.29, 1.82) is 0 Å². The van der Waals surface area contributed by atoms with E-state index in [0.29, 0.717) is 16.6 Å². The van der Waals surface area contributed by atoms with Crippen molar-refractivity contribution in [2.75, 3.05) is 0 Å². The van der Waals surface area contributed by atoms with E-state index in [1.807, 2.05) is 24.3 Å². The smallest absolute Gasteiger partial charge is 0.313 e. The largest absolute Gasteiger partial charge is 0.392 e. The summed E-state index contributed by atoms with van der Waals surface area (Å²) in [5.74, 6) is -0.407. The molecule has 0 fully saturated rings. The van der Waals surface area contributed by atoms with Crippen molar-refractivity contribution in [2.24, 2.45) is 0 Å². The number of halogens is 1. The first-order chi connectivity index (χ1) is 11.3. The van der Waals surface area contributed by atoms with Crippen LogP contribution in [0.5, 0.6) is 6.01 Å². The minimum Gasteiger partial charge on any atom is -0.392 e. The van der Waals surface area contributed by atoms with E-state index in [0.717, 1.165) is 5.39 Å². The van der Waals surface area contributed by atoms with Crippen molar-refractivity contribution in [3.8, 4) is 6.01 Å². The van der Waals surface area contributed by atoms with E-state index in [1.54, 1.807) is 25.3 Å². The fourth-order valence-corrected chi connectivity index (χ4v) is 2.79. The van der Waals surface area contributed by atoms with Crippen LogP contribution in [-0.2, 0) is 11.3 Å². The fourth-order valence-electron chi connectivity index (χ4n) is 2.56. The van der Waals surface area contributed by atoms with Crippen molar-refractivity contribution < 1.29 is 14.6 Å². The Kier molecular flexibility index (Phi) is 4.19. The molecule has 6 nitrogen and oxygen atoms in total. The molecule has 0 unspecified atom stereocenters. The molecule has 0 bridgehead atoms. The molecule has 0 saturated carbocycles. The van der Waals surface area contributed by atoms with Crippen LogP contribution in [0.15, 0.2) is 24.3 Å². The van der Waals surface area contributed by atoms with Gasteiger partial charge in [-0.2, -0.15) is 4.98 Å². The Balaban J connectivity index is 2.34. The number of carbonyl (C=O) groups is 1. The molecule has 3 aromatic rings. The molecule has 24 heavy (non-hydrogen) atoms. The molecule has 126 valence electrons. The van der Waals surface area contributed by atoms with E-state index < -0.39 is 11.6 Å². The highest BCUT2D eigenvalue weighted by atomic mass is 35.5. The Morgan fingerprint density at radius 1 is 1.33 bits per heavy atom. The number of carbonyl (C=O) groups excluding carboxylic acids is 1. The summed E-state index contributed by atoms with van der Waals surface area (Å²) in [7, 11) is 0. The van der Waals surface area contributed by atoms with Gasteiger partial charge in [0, 0.05) is 11.8 Å². The maximum atomic E-state index is 11.7. The molecule has 0 atom stereocenters. The molecule has 7 heteroatoms. The van der Waals surface area contributed by atoms with Crippen molar-refractivity contribution in [3.63, 3.8) is 0 Å². The predicted molar refractivity (Wildman–Crippen MR) is 92.3 cm³/mol. The van der Waals surface area contributed by atoms with Gasteiger partial charge in [0.1, 0.15) is 5.52 Å². The summed E-state index contributed by atoms with van der Waals surface area (Å²) < 4.78 is 7.02. The molecule has 3 rings (SSSR count). The van der Waals surface area contributed by atoms with Crippen molar-refractivity contribution in [3.05, 3.63) is 29.4 Å². The zero-order valence-electron chi connectivity index (χ0n) is 13.7. The number of esters is 1. The molecule has 0 aliphatic carbocycles. The first-order valence-electron chi connectivity index (χ1n) is 7.67. The third-order valence-corrected chi connectivity index (χ3v) is 3.81. The lowest BCUT2D eigenvalue weighted by Gasteiger charge is -2.20. The summed E-state index contributed by atoms with van der Waals surface area (Å²) >= 11 is 6.27. The Morgan fingerprint density at radius 3 is 2.71 bits per heavy atom. The molecular weight excluding hydrogens is 330 g/mol. The number of imidazole rings is 1. The zero-order valence-corrected chi connectivity index (χ0v) is 14.5. The molecule has 0 aliphatic rings. The second-order valence-electron chi connectivity index (χ2n) is 6.24. The number of hydrogen-bond acceptors (Lipinski definition) is 5. The molecule has 2 heterocycles. The van der Waals surface area contributed by atoms with Gasteiger partial charge in [-0.1, -0.05) is 36.7 Å². The van der Waals surface area contributed by atoms with Crippen LogP contribution < -0.4 is 4.74 Å². The number of ether oxygens (including phenoxy) is 1. The number of pyridine rings is 1. The number of aliphatic hydroxyl groups is 1. The molecule has 2 aromatic heterocycles. The van der Waals surface area contributed by atoms with E-state index >= 15 is 0 Å². The summed E-state index contributed by atoms with van der Waals surface area (Å²) in [6.45, 7) is 5.25. The highest BCUT2D eigenvalue weighted by Gasteiger charge is 2.24. The van der Waals surface area contributed by atoms with E-state index in [4.69, 9.17) is 16.3 Å². The third-order valence-electron chi connectivity index (χ3n) is 3.54. The van der Waals surface area contributed by atoms with Gasteiger partial charge < -0.3 is 9.84 Å². The first kappa shape index (κ1) is 16.7. The fraction of sp³-hybridized carbons (Fsp3) is 0.353. The van der Waals surface area contributed by atoms with Gasteiger partial charge in [-0.25, -0.2) is 4.98 Å². The van der Waals surface area contributed by atoms with Crippen LogP contribution in [0.25, 0.3) is 21.9 Å². The number of para-hydroxylation sites is 1. The maximum Gasteiger partial charge on any atom is 0.313 e. The van der Waals surface area contributed by atoms with Gasteiger partial charge in [-0.05, 0) is 19.9 Å². The molecule has 0 amide bonds. The van der Waals surface area contributed by atoms with Gasteiger partial charge in [0.05, 0.1) is 23.2 Å². The molecule has 0 spiro atoms. The van der Waals surface area contributed by atoms with E-state index in [-0.39, 0.29) is 24.1 Å². The minimum atomic E-state index is -1.03. The molecule has 1 aromatic carbocycles. The quantitative estimate of drug-likeness (QED) is 0.578. The lowest BCUT2D eigenvalue weighted by atomic mass is 10.1. The van der Waals surface area contributed by atoms with Crippen LogP contribution in [-0.4, -0.2) is 31.2 Å². The Morgan fingerprint density at radius 2 is 2.04 bits per heavy atom. The Labute approximate surface area is 144 Å². The Hall–Kier alpha value is -2.18. The predicted octanol–water partition coefficient (Wildman–Crippen LogP) is 3.32. The minimum absolute atomic E-state index is 0.110. The van der Waals surface area contributed by atoms with Crippen molar-refractivity contribution in [2.45, 2.75) is 39.3 Å². The van der Waals surface area contributed by atoms with Gasteiger partial charge in [-0.15, -0.1) is 0 Å². The molecule has 0 saturated heterocycles. The van der Waals surface area contributed by atoms with Crippen LogP contribution in [0, 0.1) is 0 Å². The van der Waals surface area contributed by atoms with E-state index in [9.17, 15) is 9.90 Å². The summed E-state index contributed by atoms with van der Waals surface area (Å²) in [5, 5.41) is 11.3. The zero-order chi connectivity index (χ0) is 17.5. The highest BCUT2D eigenvalue weighted by molar-refractivity contribution is 6.35. The normalized spacial score (nSPS) is 12.0. The van der Waals surface area contributed by atoms with E-state index in [2.05, 4.69) is 9.97 Å². The van der Waals surface area contributed by atoms with E-state index in [1.165, 1.54) is 0 Å². The maximum absolute atomic E-state index is 11.7. The van der Waals surface area contributed by atoms with Crippen molar-refractivity contribution in [1.82, 2.24) is 14.5 Å². The number of benzene rings is 1. The van der Waals surface area contributed by atoms with Crippen LogP contribution >= 0.6 is 11.6 Å². The van der Waals surface area contributed by atoms with Crippen LogP contribution in [0.1, 0.15) is 27.2 Å². The monoisotopic (exact) mass is 347 g/mol. The molecule has 1 N–H and O–H groups in total. The Bertz CT molecular complexity index is 928. The topological polar surface area (TPSA) is 77.2 Å². The second kappa shape index (κ2) is 6.03. The van der Waals surface area contributed by atoms with Gasteiger partial charge in [0.25, 0.3) is 0 Å².